The summed E-state index contributed by atoms with van der Waals surface area (Å²) in [7, 11) is 0. The van der Waals surface area contributed by atoms with E-state index in [2.05, 4.69) is 20.5 Å². The zero-order valence-electron chi connectivity index (χ0n) is 11.0. The Balaban J connectivity index is 2.22. The highest BCUT2D eigenvalue weighted by Crippen LogP contribution is 2.17. The minimum Gasteiger partial charge on any atom is -0.356 e. The molecule has 0 atom stereocenters. The first kappa shape index (κ1) is 13.2. The SMILES string of the molecule is CCN(CC)c1cnnc(Nc2ccccc2F)n1. The molecule has 0 bridgehead atoms. The normalized spacial score (nSPS) is 10.3. The Hall–Kier alpha value is -2.24. The molecule has 2 rings (SSSR count). The van der Waals surface area contributed by atoms with E-state index in [9.17, 15) is 4.39 Å². The molecule has 1 aromatic heterocycles. The fourth-order valence-corrected chi connectivity index (χ4v) is 1.73. The Morgan fingerprint density at radius 2 is 1.95 bits per heavy atom. The van der Waals surface area contributed by atoms with Crippen LogP contribution in [0, 0.1) is 5.82 Å². The van der Waals surface area contributed by atoms with Crippen LogP contribution in [0.2, 0.25) is 0 Å². The lowest BCUT2D eigenvalue weighted by Crippen LogP contribution is -2.23. The third-order valence-electron chi connectivity index (χ3n) is 2.75. The summed E-state index contributed by atoms with van der Waals surface area (Å²) >= 11 is 0. The van der Waals surface area contributed by atoms with Crippen LogP contribution >= 0.6 is 0 Å². The number of hydrogen-bond acceptors (Lipinski definition) is 5. The van der Waals surface area contributed by atoms with Crippen molar-refractivity contribution < 1.29 is 4.39 Å². The minimum absolute atomic E-state index is 0.287. The van der Waals surface area contributed by atoms with Gasteiger partial charge in [0.05, 0.1) is 11.9 Å². The summed E-state index contributed by atoms with van der Waals surface area (Å²) in [5, 5.41) is 10.6. The summed E-state index contributed by atoms with van der Waals surface area (Å²) in [6, 6.07) is 6.38. The molecule has 0 unspecified atom stereocenters. The number of para-hydroxylation sites is 1. The lowest BCUT2D eigenvalue weighted by Gasteiger charge is -2.19. The molecule has 6 heteroatoms. The molecule has 100 valence electrons. The summed E-state index contributed by atoms with van der Waals surface area (Å²) in [5.74, 6) is 0.660. The van der Waals surface area contributed by atoms with Crippen LogP contribution in [0.15, 0.2) is 30.5 Å². The largest absolute Gasteiger partial charge is 0.356 e. The number of nitrogens with one attached hydrogen (secondary N) is 1. The highest BCUT2D eigenvalue weighted by atomic mass is 19.1. The molecule has 0 saturated heterocycles. The van der Waals surface area contributed by atoms with Crippen molar-refractivity contribution in [2.45, 2.75) is 13.8 Å². The Labute approximate surface area is 111 Å². The second-order valence-corrected chi connectivity index (χ2v) is 3.92. The van der Waals surface area contributed by atoms with Gasteiger partial charge in [-0.3, -0.25) is 0 Å². The topological polar surface area (TPSA) is 53.9 Å². The number of hydrogen-bond donors (Lipinski definition) is 1. The molecule has 0 radical (unpaired) electrons. The van der Waals surface area contributed by atoms with Gasteiger partial charge in [-0.25, -0.2) is 4.39 Å². The highest BCUT2D eigenvalue weighted by Gasteiger charge is 2.08. The van der Waals surface area contributed by atoms with Crippen molar-refractivity contribution in [3.63, 3.8) is 0 Å². The molecule has 0 aliphatic heterocycles. The maximum absolute atomic E-state index is 13.5. The van der Waals surface area contributed by atoms with E-state index in [1.165, 1.54) is 6.07 Å². The molecule has 0 amide bonds. The van der Waals surface area contributed by atoms with Crippen molar-refractivity contribution in [3.8, 4) is 0 Å². The van der Waals surface area contributed by atoms with Crippen LogP contribution in [0.3, 0.4) is 0 Å². The first-order valence-electron chi connectivity index (χ1n) is 6.20. The van der Waals surface area contributed by atoms with Gasteiger partial charge in [-0.15, -0.1) is 5.10 Å². The lowest BCUT2D eigenvalue weighted by molar-refractivity contribution is 0.631. The third-order valence-corrected chi connectivity index (χ3v) is 2.75. The molecule has 0 saturated carbocycles. The molecular weight excluding hydrogens is 245 g/mol. The number of rotatable bonds is 5. The predicted molar refractivity (Wildman–Crippen MR) is 73.1 cm³/mol. The van der Waals surface area contributed by atoms with E-state index < -0.39 is 0 Å². The molecule has 0 spiro atoms. The average Bonchev–Trinajstić information content (AvgIpc) is 2.43. The van der Waals surface area contributed by atoms with Gasteiger partial charge < -0.3 is 10.2 Å². The van der Waals surface area contributed by atoms with E-state index in [4.69, 9.17) is 0 Å². The van der Waals surface area contributed by atoms with Crippen LogP contribution in [0.4, 0.5) is 21.8 Å². The number of anilines is 3. The molecule has 0 aliphatic carbocycles. The Kier molecular flexibility index (Phi) is 4.22. The second-order valence-electron chi connectivity index (χ2n) is 3.92. The minimum atomic E-state index is -0.348. The van der Waals surface area contributed by atoms with E-state index >= 15 is 0 Å². The van der Waals surface area contributed by atoms with Gasteiger partial charge in [-0.1, -0.05) is 12.1 Å². The molecule has 19 heavy (non-hydrogen) atoms. The van der Waals surface area contributed by atoms with Gasteiger partial charge in [-0.2, -0.15) is 10.1 Å². The fraction of sp³-hybridized carbons (Fsp3) is 0.308. The lowest BCUT2D eigenvalue weighted by atomic mass is 10.3. The Morgan fingerprint density at radius 1 is 1.21 bits per heavy atom. The monoisotopic (exact) mass is 261 g/mol. The molecule has 1 aromatic carbocycles. The van der Waals surface area contributed by atoms with E-state index in [0.29, 0.717) is 5.69 Å². The van der Waals surface area contributed by atoms with Crippen molar-refractivity contribution in [2.24, 2.45) is 0 Å². The van der Waals surface area contributed by atoms with Gasteiger partial charge in [0.15, 0.2) is 5.82 Å². The summed E-state index contributed by atoms with van der Waals surface area (Å²) in [4.78, 5) is 6.37. The first-order valence-corrected chi connectivity index (χ1v) is 6.20. The zero-order valence-corrected chi connectivity index (χ0v) is 11.0. The van der Waals surface area contributed by atoms with E-state index in [0.717, 1.165) is 18.9 Å². The summed E-state index contributed by atoms with van der Waals surface area (Å²) in [5.41, 5.74) is 0.334. The smallest absolute Gasteiger partial charge is 0.249 e. The van der Waals surface area contributed by atoms with Crippen molar-refractivity contribution in [3.05, 3.63) is 36.3 Å². The van der Waals surface area contributed by atoms with Crippen LogP contribution < -0.4 is 10.2 Å². The standard InChI is InChI=1S/C13H16FN5/c1-3-19(4-2)12-9-15-18-13(17-12)16-11-8-6-5-7-10(11)14/h5-9H,3-4H2,1-2H3,(H,16,17,18). The summed E-state index contributed by atoms with van der Waals surface area (Å²) < 4.78 is 13.5. The molecule has 0 fully saturated rings. The van der Waals surface area contributed by atoms with Gasteiger partial charge in [-0.05, 0) is 26.0 Å². The van der Waals surface area contributed by atoms with Crippen LogP contribution in [0.1, 0.15) is 13.8 Å². The van der Waals surface area contributed by atoms with Crippen LogP contribution in [-0.4, -0.2) is 28.3 Å². The highest BCUT2D eigenvalue weighted by molar-refractivity contribution is 5.54. The summed E-state index contributed by atoms with van der Waals surface area (Å²) in [6.07, 6.45) is 1.60. The molecule has 1 N–H and O–H groups in total. The van der Waals surface area contributed by atoms with Gasteiger partial charge in [0.2, 0.25) is 5.95 Å². The number of aromatic nitrogens is 3. The molecule has 0 aliphatic rings. The molecule has 1 heterocycles. The van der Waals surface area contributed by atoms with Gasteiger partial charge in [0, 0.05) is 13.1 Å². The summed E-state index contributed by atoms with van der Waals surface area (Å²) in [6.45, 7) is 5.73. The predicted octanol–water partition coefficient (Wildman–Crippen LogP) is 2.60. The van der Waals surface area contributed by atoms with Crippen molar-refractivity contribution in [1.82, 2.24) is 15.2 Å². The number of nitrogens with zero attached hydrogens (tertiary/aromatic N) is 4. The van der Waals surface area contributed by atoms with Gasteiger partial charge in [0.25, 0.3) is 0 Å². The first-order chi connectivity index (χ1) is 9.24. The quantitative estimate of drug-likeness (QED) is 0.896. The van der Waals surface area contributed by atoms with E-state index in [-0.39, 0.29) is 11.8 Å². The van der Waals surface area contributed by atoms with E-state index in [1.807, 2.05) is 18.7 Å². The van der Waals surface area contributed by atoms with Crippen molar-refractivity contribution in [1.29, 1.82) is 0 Å². The van der Waals surface area contributed by atoms with Gasteiger partial charge in [0.1, 0.15) is 5.82 Å². The van der Waals surface area contributed by atoms with Crippen LogP contribution in [0.25, 0.3) is 0 Å². The Morgan fingerprint density at radius 3 is 2.63 bits per heavy atom. The Bertz CT molecular complexity index is 542. The van der Waals surface area contributed by atoms with Gasteiger partial charge >= 0.3 is 0 Å². The molecular formula is C13H16FN5. The van der Waals surface area contributed by atoms with Crippen molar-refractivity contribution >= 4 is 17.5 Å². The molecule has 2 aromatic rings. The molecule has 5 nitrogen and oxygen atoms in total. The zero-order chi connectivity index (χ0) is 13.7. The van der Waals surface area contributed by atoms with E-state index in [1.54, 1.807) is 24.4 Å². The maximum atomic E-state index is 13.5. The maximum Gasteiger partial charge on any atom is 0.249 e. The number of benzene rings is 1. The fourth-order valence-electron chi connectivity index (χ4n) is 1.73. The second kappa shape index (κ2) is 6.08. The van der Waals surface area contributed by atoms with Crippen LogP contribution in [-0.2, 0) is 0 Å². The third kappa shape index (κ3) is 3.15. The van der Waals surface area contributed by atoms with Crippen molar-refractivity contribution in [2.75, 3.05) is 23.3 Å². The van der Waals surface area contributed by atoms with Crippen LogP contribution in [0.5, 0.6) is 0 Å². The average molecular weight is 261 g/mol. The number of halogens is 1.